The molecule has 0 saturated heterocycles. The van der Waals surface area contributed by atoms with Gasteiger partial charge in [-0.3, -0.25) is 4.79 Å². The molecule has 0 fully saturated rings. The predicted octanol–water partition coefficient (Wildman–Crippen LogP) is 2.49. The molecule has 2 N–H and O–H groups in total. The summed E-state index contributed by atoms with van der Waals surface area (Å²) in [6.45, 7) is 7.15. The lowest BCUT2D eigenvalue weighted by Gasteiger charge is -2.05. The minimum Gasteiger partial charge on any atom is -0.375 e. The van der Waals surface area contributed by atoms with Gasteiger partial charge in [0.1, 0.15) is 5.69 Å². The fourth-order valence-electron chi connectivity index (χ4n) is 1.77. The van der Waals surface area contributed by atoms with Crippen LogP contribution in [0, 0.1) is 0 Å². The van der Waals surface area contributed by atoms with Crippen LogP contribution in [0.25, 0.3) is 10.9 Å². The molecule has 0 spiro atoms. The number of fused-ring (bicyclic) bond motifs is 1. The highest BCUT2D eigenvalue weighted by Crippen LogP contribution is 2.14. The molecule has 0 aliphatic carbocycles. The van der Waals surface area contributed by atoms with Gasteiger partial charge in [0.15, 0.2) is 0 Å². The first kappa shape index (κ1) is 13.4. The molecule has 0 radical (unpaired) electrons. The molecule has 0 aliphatic heterocycles. The van der Waals surface area contributed by atoms with E-state index in [2.05, 4.69) is 16.9 Å². The van der Waals surface area contributed by atoms with E-state index in [1.807, 2.05) is 37.3 Å². The first-order valence-electron chi connectivity index (χ1n) is 6.25. The fraction of sp³-hybridized carbons (Fsp3) is 0.267. The summed E-state index contributed by atoms with van der Waals surface area (Å²) < 4.78 is 5.32. The number of carbonyl (C=O) groups excluding carboxylic acids is 1. The third kappa shape index (κ3) is 3.69. The van der Waals surface area contributed by atoms with Crippen molar-refractivity contribution in [2.24, 2.45) is 0 Å². The van der Waals surface area contributed by atoms with Gasteiger partial charge < -0.3 is 15.0 Å². The highest BCUT2D eigenvalue weighted by atomic mass is 16.5. The second kappa shape index (κ2) is 6.20. The minimum atomic E-state index is -0.116. The fourth-order valence-corrected chi connectivity index (χ4v) is 1.77. The molecule has 1 amide bonds. The number of ether oxygens (including phenoxy) is 1. The van der Waals surface area contributed by atoms with Gasteiger partial charge in [-0.1, -0.05) is 30.4 Å². The van der Waals surface area contributed by atoms with Crippen LogP contribution in [0.5, 0.6) is 0 Å². The molecule has 0 unspecified atom stereocenters. The van der Waals surface area contributed by atoms with Gasteiger partial charge in [-0.15, -0.1) is 0 Å². The van der Waals surface area contributed by atoms with Gasteiger partial charge in [0, 0.05) is 17.4 Å². The number of H-pyrrole nitrogens is 1. The highest BCUT2D eigenvalue weighted by Gasteiger charge is 2.08. The lowest BCUT2D eigenvalue weighted by atomic mass is 10.2. The second-order valence-electron chi connectivity index (χ2n) is 4.54. The van der Waals surface area contributed by atoms with Gasteiger partial charge in [0.2, 0.25) is 0 Å². The van der Waals surface area contributed by atoms with Crippen molar-refractivity contribution in [3.8, 4) is 0 Å². The van der Waals surface area contributed by atoms with Crippen molar-refractivity contribution in [1.82, 2.24) is 10.3 Å². The molecular formula is C15H18N2O2. The number of hydrogen-bond acceptors (Lipinski definition) is 2. The van der Waals surface area contributed by atoms with Crippen LogP contribution < -0.4 is 5.32 Å². The van der Waals surface area contributed by atoms with Gasteiger partial charge in [-0.25, -0.2) is 0 Å². The van der Waals surface area contributed by atoms with Gasteiger partial charge in [0.25, 0.3) is 5.91 Å². The summed E-state index contributed by atoms with van der Waals surface area (Å²) in [7, 11) is 0. The zero-order valence-corrected chi connectivity index (χ0v) is 11.0. The molecule has 19 heavy (non-hydrogen) atoms. The van der Waals surface area contributed by atoms with Crippen molar-refractivity contribution < 1.29 is 9.53 Å². The van der Waals surface area contributed by atoms with E-state index in [1.54, 1.807) is 0 Å². The van der Waals surface area contributed by atoms with E-state index < -0.39 is 0 Å². The quantitative estimate of drug-likeness (QED) is 0.618. The van der Waals surface area contributed by atoms with E-state index in [-0.39, 0.29) is 5.91 Å². The van der Waals surface area contributed by atoms with E-state index in [9.17, 15) is 4.79 Å². The average Bonchev–Trinajstić information content (AvgIpc) is 2.81. The molecule has 4 heteroatoms. The summed E-state index contributed by atoms with van der Waals surface area (Å²) >= 11 is 0. The van der Waals surface area contributed by atoms with Gasteiger partial charge in [-0.2, -0.15) is 0 Å². The summed E-state index contributed by atoms with van der Waals surface area (Å²) in [5.41, 5.74) is 2.51. The molecule has 0 atom stereocenters. The topological polar surface area (TPSA) is 54.1 Å². The maximum absolute atomic E-state index is 11.9. The number of rotatable bonds is 6. The third-order valence-electron chi connectivity index (χ3n) is 2.66. The average molecular weight is 258 g/mol. The van der Waals surface area contributed by atoms with Crippen LogP contribution in [0.2, 0.25) is 0 Å². The van der Waals surface area contributed by atoms with Crippen LogP contribution >= 0.6 is 0 Å². The molecule has 0 bridgehead atoms. The maximum atomic E-state index is 11.9. The summed E-state index contributed by atoms with van der Waals surface area (Å²) in [6, 6.07) is 9.65. The van der Waals surface area contributed by atoms with E-state index in [0.717, 1.165) is 16.5 Å². The normalized spacial score (nSPS) is 10.6. The first-order valence-corrected chi connectivity index (χ1v) is 6.25. The van der Waals surface area contributed by atoms with E-state index >= 15 is 0 Å². The van der Waals surface area contributed by atoms with Crippen molar-refractivity contribution in [1.29, 1.82) is 0 Å². The lowest BCUT2D eigenvalue weighted by Crippen LogP contribution is -2.27. The second-order valence-corrected chi connectivity index (χ2v) is 4.54. The highest BCUT2D eigenvalue weighted by molar-refractivity contribution is 5.97. The van der Waals surface area contributed by atoms with Gasteiger partial charge in [-0.05, 0) is 19.1 Å². The summed E-state index contributed by atoms with van der Waals surface area (Å²) in [5.74, 6) is -0.116. The van der Waals surface area contributed by atoms with Gasteiger partial charge >= 0.3 is 0 Å². The molecule has 2 rings (SSSR count). The minimum absolute atomic E-state index is 0.116. The van der Waals surface area contributed by atoms with Crippen LogP contribution in [0.15, 0.2) is 42.5 Å². The summed E-state index contributed by atoms with van der Waals surface area (Å²) in [4.78, 5) is 15.0. The number of nitrogens with one attached hydrogen (secondary N) is 2. The number of amides is 1. The van der Waals surface area contributed by atoms with Crippen molar-refractivity contribution >= 4 is 16.8 Å². The monoisotopic (exact) mass is 258 g/mol. The standard InChI is InChI=1S/C15H18N2O2/c1-11(2)10-19-8-7-16-15(18)14-9-12-5-3-4-6-13(12)17-14/h3-6,9,17H,1,7-8,10H2,2H3,(H,16,18). The molecule has 0 aliphatic rings. The molecule has 4 nitrogen and oxygen atoms in total. The van der Waals surface area contributed by atoms with Crippen LogP contribution in [-0.4, -0.2) is 30.6 Å². The van der Waals surface area contributed by atoms with Crippen molar-refractivity contribution in [3.63, 3.8) is 0 Å². The molecular weight excluding hydrogens is 240 g/mol. The Morgan fingerprint density at radius 2 is 2.21 bits per heavy atom. The Morgan fingerprint density at radius 1 is 1.42 bits per heavy atom. The number of aromatic amines is 1. The van der Waals surface area contributed by atoms with Crippen LogP contribution in [0.4, 0.5) is 0 Å². The van der Waals surface area contributed by atoms with Crippen molar-refractivity contribution in [2.75, 3.05) is 19.8 Å². The lowest BCUT2D eigenvalue weighted by molar-refractivity contribution is 0.0922. The third-order valence-corrected chi connectivity index (χ3v) is 2.66. The van der Waals surface area contributed by atoms with Crippen molar-refractivity contribution in [2.45, 2.75) is 6.92 Å². The molecule has 1 aromatic carbocycles. The summed E-state index contributed by atoms with van der Waals surface area (Å²) in [6.07, 6.45) is 0. The van der Waals surface area contributed by atoms with Crippen LogP contribution in [0.3, 0.4) is 0 Å². The SMILES string of the molecule is C=C(C)COCCNC(=O)c1cc2ccccc2[nH]1. The van der Waals surface area contributed by atoms with E-state index in [0.29, 0.717) is 25.5 Å². The van der Waals surface area contributed by atoms with Crippen molar-refractivity contribution in [3.05, 3.63) is 48.2 Å². The molecule has 1 aromatic heterocycles. The van der Waals surface area contributed by atoms with E-state index in [4.69, 9.17) is 4.74 Å². The number of hydrogen-bond donors (Lipinski definition) is 2. The van der Waals surface area contributed by atoms with Gasteiger partial charge in [0.05, 0.1) is 13.2 Å². The van der Waals surface area contributed by atoms with E-state index in [1.165, 1.54) is 0 Å². The maximum Gasteiger partial charge on any atom is 0.267 e. The molecule has 100 valence electrons. The van der Waals surface area contributed by atoms with Crippen LogP contribution in [-0.2, 0) is 4.74 Å². The Bertz CT molecular complexity index is 554. The predicted molar refractivity (Wildman–Crippen MR) is 76.3 cm³/mol. The molecule has 0 saturated carbocycles. The molecule has 2 aromatic rings. The zero-order valence-electron chi connectivity index (χ0n) is 11.0. The largest absolute Gasteiger partial charge is 0.375 e. The Balaban J connectivity index is 1.84. The summed E-state index contributed by atoms with van der Waals surface area (Å²) in [5, 5.41) is 3.84. The Hall–Kier alpha value is -2.07. The number of benzene rings is 1. The molecule has 1 heterocycles. The number of aromatic nitrogens is 1. The Labute approximate surface area is 112 Å². The number of carbonyl (C=O) groups is 1. The Morgan fingerprint density at radius 3 is 2.95 bits per heavy atom. The zero-order chi connectivity index (χ0) is 13.7. The smallest absolute Gasteiger partial charge is 0.267 e. The van der Waals surface area contributed by atoms with Crippen LogP contribution in [0.1, 0.15) is 17.4 Å². The first-order chi connectivity index (χ1) is 9.16. The Kier molecular flexibility index (Phi) is 4.36. The number of para-hydroxylation sites is 1.